The topological polar surface area (TPSA) is 70.0 Å². The monoisotopic (exact) mass is 449 g/mol. The van der Waals surface area contributed by atoms with Crippen molar-refractivity contribution in [2.24, 2.45) is 0 Å². The van der Waals surface area contributed by atoms with Gasteiger partial charge in [-0.2, -0.15) is 0 Å². The summed E-state index contributed by atoms with van der Waals surface area (Å²) in [5, 5.41) is 21.1. The van der Waals surface area contributed by atoms with Crippen LogP contribution in [0.3, 0.4) is 0 Å². The lowest BCUT2D eigenvalue weighted by molar-refractivity contribution is 0.0788. The van der Waals surface area contributed by atoms with E-state index in [0.29, 0.717) is 34.5 Å². The maximum atomic E-state index is 12.8. The van der Waals surface area contributed by atoms with Gasteiger partial charge in [-0.3, -0.25) is 9.69 Å². The quantitative estimate of drug-likeness (QED) is 0.462. The van der Waals surface area contributed by atoms with Gasteiger partial charge in [0, 0.05) is 41.3 Å². The fourth-order valence-corrected chi connectivity index (χ4v) is 3.91. The smallest absolute Gasteiger partial charge is 0.189 e. The minimum absolute atomic E-state index is 0.131. The fraction of sp³-hybridized carbons (Fsp3) is 0.348. The number of carbonyl (C=O) groups excluding carboxylic acids is 1. The van der Waals surface area contributed by atoms with Gasteiger partial charge in [-0.05, 0) is 55.7 Å². The number of allylic oxidation sites excluding steroid dienone is 1. The molecule has 0 aliphatic carbocycles. The molecular formula is C23H25Cl2NO4. The summed E-state index contributed by atoms with van der Waals surface area (Å²) in [6, 6.07) is 8.20. The lowest BCUT2D eigenvalue weighted by Crippen LogP contribution is -2.35. The predicted octanol–water partition coefficient (Wildman–Crippen LogP) is 4.95. The van der Waals surface area contributed by atoms with Crippen molar-refractivity contribution in [1.82, 2.24) is 4.90 Å². The van der Waals surface area contributed by atoms with Crippen LogP contribution in [0.2, 0.25) is 10.0 Å². The van der Waals surface area contributed by atoms with E-state index < -0.39 is 0 Å². The van der Waals surface area contributed by atoms with Crippen molar-refractivity contribution in [2.45, 2.75) is 32.4 Å². The first-order chi connectivity index (χ1) is 14.4. The summed E-state index contributed by atoms with van der Waals surface area (Å²) in [6.07, 6.45) is 4.17. The second-order valence-electron chi connectivity index (χ2n) is 7.28. The van der Waals surface area contributed by atoms with E-state index in [0.717, 1.165) is 31.5 Å². The van der Waals surface area contributed by atoms with Crippen molar-refractivity contribution in [3.05, 3.63) is 63.1 Å². The summed E-state index contributed by atoms with van der Waals surface area (Å²) < 4.78 is 5.68. The second-order valence-corrected chi connectivity index (χ2v) is 8.12. The molecule has 0 saturated carbocycles. The Hall–Kier alpha value is -2.05. The third-order valence-electron chi connectivity index (χ3n) is 5.07. The summed E-state index contributed by atoms with van der Waals surface area (Å²) in [6.45, 7) is 4.44. The third-order valence-corrected chi connectivity index (χ3v) is 5.63. The Morgan fingerprint density at radius 3 is 2.63 bits per heavy atom. The average Bonchev–Trinajstić information content (AvgIpc) is 2.71. The van der Waals surface area contributed by atoms with E-state index in [1.54, 1.807) is 30.3 Å². The summed E-state index contributed by atoms with van der Waals surface area (Å²) >= 11 is 12.1. The minimum atomic E-state index is -0.336. The number of rotatable bonds is 7. The zero-order valence-corrected chi connectivity index (χ0v) is 18.3. The molecular weight excluding hydrogens is 425 g/mol. The number of phenolic OH excluding ortho intramolecular Hbond substituents is 1. The van der Waals surface area contributed by atoms with E-state index in [1.807, 2.05) is 6.92 Å². The SMILES string of the molecule is CCOc1cc(O)c(C(=O)/C=C/c2ccc(Cl)cc2Cl)cc1CN1CCC(O)CC1. The third kappa shape index (κ3) is 5.76. The van der Waals surface area contributed by atoms with Gasteiger partial charge in [0.05, 0.1) is 18.3 Å². The molecule has 1 aliphatic rings. The zero-order valence-electron chi connectivity index (χ0n) is 16.8. The van der Waals surface area contributed by atoms with Crippen molar-refractivity contribution in [3.8, 4) is 11.5 Å². The highest BCUT2D eigenvalue weighted by Gasteiger charge is 2.20. The van der Waals surface area contributed by atoms with Crippen LogP contribution in [-0.2, 0) is 6.54 Å². The molecule has 30 heavy (non-hydrogen) atoms. The molecule has 2 aromatic rings. The molecule has 1 fully saturated rings. The Bertz CT molecular complexity index is 937. The summed E-state index contributed by atoms with van der Waals surface area (Å²) in [5.41, 5.74) is 1.69. The Balaban J connectivity index is 1.84. The molecule has 0 aromatic heterocycles. The van der Waals surface area contributed by atoms with Crippen LogP contribution >= 0.6 is 23.2 Å². The summed E-state index contributed by atoms with van der Waals surface area (Å²) in [5.74, 6) is 0.0902. The lowest BCUT2D eigenvalue weighted by Gasteiger charge is -2.30. The summed E-state index contributed by atoms with van der Waals surface area (Å²) in [7, 11) is 0. The number of phenols is 1. The van der Waals surface area contributed by atoms with Gasteiger partial charge in [0.2, 0.25) is 0 Å². The molecule has 5 nitrogen and oxygen atoms in total. The van der Waals surface area contributed by atoms with Crippen LogP contribution in [-0.4, -0.2) is 46.7 Å². The first-order valence-corrected chi connectivity index (χ1v) is 10.7. The average molecular weight is 450 g/mol. The molecule has 2 aromatic carbocycles. The number of piperidine rings is 1. The Morgan fingerprint density at radius 1 is 1.23 bits per heavy atom. The van der Waals surface area contributed by atoms with E-state index in [1.165, 1.54) is 12.1 Å². The van der Waals surface area contributed by atoms with Gasteiger partial charge in [-0.1, -0.05) is 29.3 Å². The van der Waals surface area contributed by atoms with Gasteiger partial charge in [0.25, 0.3) is 0 Å². The van der Waals surface area contributed by atoms with Crippen molar-refractivity contribution in [2.75, 3.05) is 19.7 Å². The number of aliphatic hydroxyl groups excluding tert-OH is 1. The van der Waals surface area contributed by atoms with Gasteiger partial charge in [-0.25, -0.2) is 0 Å². The molecule has 3 rings (SSSR count). The van der Waals surface area contributed by atoms with E-state index >= 15 is 0 Å². The second kappa shape index (κ2) is 10.3. The molecule has 0 bridgehead atoms. The molecule has 1 heterocycles. The van der Waals surface area contributed by atoms with Crippen LogP contribution < -0.4 is 4.74 Å². The number of likely N-dealkylation sites (tertiary alicyclic amines) is 1. The van der Waals surface area contributed by atoms with Crippen LogP contribution in [0, 0.1) is 0 Å². The van der Waals surface area contributed by atoms with E-state index in [4.69, 9.17) is 27.9 Å². The number of hydrogen-bond acceptors (Lipinski definition) is 5. The first-order valence-electron chi connectivity index (χ1n) is 9.94. The Kier molecular flexibility index (Phi) is 7.78. The number of benzene rings is 2. The molecule has 160 valence electrons. The van der Waals surface area contributed by atoms with Crippen molar-refractivity contribution in [1.29, 1.82) is 0 Å². The number of halogens is 2. The van der Waals surface area contributed by atoms with Gasteiger partial charge in [0.1, 0.15) is 11.5 Å². The van der Waals surface area contributed by atoms with Crippen LogP contribution in [0.5, 0.6) is 11.5 Å². The van der Waals surface area contributed by atoms with Gasteiger partial charge in [-0.15, -0.1) is 0 Å². The highest BCUT2D eigenvalue weighted by molar-refractivity contribution is 6.35. The minimum Gasteiger partial charge on any atom is -0.507 e. The standard InChI is InChI=1S/C23H25Cl2NO4/c1-2-30-23-13-22(29)19(11-16(23)14-26-9-7-18(27)8-10-26)21(28)6-4-15-3-5-17(24)12-20(15)25/h3-6,11-13,18,27,29H,2,7-10,14H2,1H3/b6-4+. The molecule has 2 N–H and O–H groups in total. The zero-order chi connectivity index (χ0) is 21.7. The normalized spacial score (nSPS) is 15.6. The molecule has 0 radical (unpaired) electrons. The number of aromatic hydroxyl groups is 1. The molecule has 0 amide bonds. The number of ketones is 1. The molecule has 1 saturated heterocycles. The van der Waals surface area contributed by atoms with Gasteiger partial charge >= 0.3 is 0 Å². The van der Waals surface area contributed by atoms with Crippen molar-refractivity contribution in [3.63, 3.8) is 0 Å². The highest BCUT2D eigenvalue weighted by atomic mass is 35.5. The number of hydrogen-bond donors (Lipinski definition) is 2. The predicted molar refractivity (Wildman–Crippen MR) is 120 cm³/mol. The Labute approximate surface area is 186 Å². The van der Waals surface area contributed by atoms with Crippen molar-refractivity contribution < 1.29 is 19.7 Å². The van der Waals surface area contributed by atoms with Crippen LogP contribution in [0.25, 0.3) is 6.08 Å². The van der Waals surface area contributed by atoms with Gasteiger partial charge < -0.3 is 14.9 Å². The maximum Gasteiger partial charge on any atom is 0.189 e. The van der Waals surface area contributed by atoms with E-state index in [-0.39, 0.29) is 23.2 Å². The fourth-order valence-electron chi connectivity index (χ4n) is 3.43. The summed E-state index contributed by atoms with van der Waals surface area (Å²) in [4.78, 5) is 15.0. The number of aliphatic hydroxyl groups is 1. The highest BCUT2D eigenvalue weighted by Crippen LogP contribution is 2.31. The van der Waals surface area contributed by atoms with Crippen molar-refractivity contribution >= 4 is 35.1 Å². The van der Waals surface area contributed by atoms with Crippen LogP contribution in [0.1, 0.15) is 41.3 Å². The molecule has 1 aliphatic heterocycles. The largest absolute Gasteiger partial charge is 0.507 e. The van der Waals surface area contributed by atoms with E-state index in [2.05, 4.69) is 4.90 Å². The number of ether oxygens (including phenoxy) is 1. The first kappa shape index (κ1) is 22.6. The molecule has 0 atom stereocenters. The lowest BCUT2D eigenvalue weighted by atomic mass is 10.0. The number of carbonyl (C=O) groups is 1. The van der Waals surface area contributed by atoms with E-state index in [9.17, 15) is 15.0 Å². The molecule has 0 unspecified atom stereocenters. The Morgan fingerprint density at radius 2 is 1.97 bits per heavy atom. The molecule has 0 spiro atoms. The maximum absolute atomic E-state index is 12.8. The van der Waals surface area contributed by atoms with Crippen LogP contribution in [0.15, 0.2) is 36.4 Å². The van der Waals surface area contributed by atoms with Gasteiger partial charge in [0.15, 0.2) is 5.78 Å². The molecule has 7 heteroatoms. The number of nitrogens with zero attached hydrogens (tertiary/aromatic N) is 1. The van der Waals surface area contributed by atoms with Crippen LogP contribution in [0.4, 0.5) is 0 Å².